The van der Waals surface area contributed by atoms with E-state index >= 15 is 0 Å². The second kappa shape index (κ2) is 8.42. The molecule has 0 unspecified atom stereocenters. The highest BCUT2D eigenvalue weighted by molar-refractivity contribution is 6.22. The van der Waals surface area contributed by atoms with Crippen LogP contribution in [0.4, 0.5) is 5.69 Å². The van der Waals surface area contributed by atoms with Gasteiger partial charge in [-0.2, -0.15) is 5.10 Å². The van der Waals surface area contributed by atoms with E-state index in [0.717, 1.165) is 37.7 Å². The third kappa shape index (κ3) is 3.82. The number of carbonyl (C=O) groups excluding carboxylic acids is 3. The number of nitrogens with zero attached hydrogens (tertiary/aromatic N) is 3. The number of nitrogens with one attached hydrogen (secondary N) is 1. The Morgan fingerprint density at radius 1 is 0.969 bits per heavy atom. The van der Waals surface area contributed by atoms with Gasteiger partial charge in [-0.3, -0.25) is 24.0 Å². The van der Waals surface area contributed by atoms with Crippen LogP contribution in [0.25, 0.3) is 0 Å². The first-order valence-corrected chi connectivity index (χ1v) is 11.0. The van der Waals surface area contributed by atoms with Crippen LogP contribution in [0.3, 0.4) is 0 Å². The number of fused-ring (bicyclic) bond motifs is 1. The van der Waals surface area contributed by atoms with Gasteiger partial charge in [-0.25, -0.2) is 0 Å². The van der Waals surface area contributed by atoms with Gasteiger partial charge in [0.1, 0.15) is 0 Å². The summed E-state index contributed by atoms with van der Waals surface area (Å²) in [4.78, 5) is 40.1. The van der Waals surface area contributed by atoms with Gasteiger partial charge in [0.25, 0.3) is 17.7 Å². The molecule has 0 atom stereocenters. The fraction of sp³-hybridized carbons (Fsp3) is 0.280. The Bertz CT molecular complexity index is 1180. The van der Waals surface area contributed by atoms with Crippen molar-refractivity contribution in [1.29, 1.82) is 0 Å². The first-order chi connectivity index (χ1) is 15.6. The van der Waals surface area contributed by atoms with Gasteiger partial charge in [0.2, 0.25) is 0 Å². The fourth-order valence-corrected chi connectivity index (χ4v) is 4.60. The predicted molar refractivity (Wildman–Crippen MR) is 120 cm³/mol. The lowest BCUT2D eigenvalue weighted by molar-refractivity contribution is 0.0549. The lowest BCUT2D eigenvalue weighted by Crippen LogP contribution is -2.40. The number of imide groups is 1. The van der Waals surface area contributed by atoms with Crippen molar-refractivity contribution in [2.75, 3.05) is 5.32 Å². The molecule has 2 heterocycles. The van der Waals surface area contributed by atoms with Crippen molar-refractivity contribution in [3.8, 4) is 0 Å². The molecule has 32 heavy (non-hydrogen) atoms. The van der Waals surface area contributed by atoms with Crippen LogP contribution in [0.5, 0.6) is 0 Å². The summed E-state index contributed by atoms with van der Waals surface area (Å²) in [5.74, 6) is -0.844. The van der Waals surface area contributed by atoms with E-state index in [2.05, 4.69) is 10.4 Å². The molecule has 7 nitrogen and oxygen atoms in total. The molecule has 2 aliphatic rings. The Morgan fingerprint density at radius 2 is 1.78 bits per heavy atom. The van der Waals surface area contributed by atoms with E-state index in [-0.39, 0.29) is 23.8 Å². The van der Waals surface area contributed by atoms with Gasteiger partial charge in [-0.1, -0.05) is 31.4 Å². The molecule has 3 aromatic rings. The average Bonchev–Trinajstić information content (AvgIpc) is 3.40. The molecule has 0 saturated heterocycles. The van der Waals surface area contributed by atoms with Crippen LogP contribution in [0.1, 0.15) is 68.7 Å². The molecule has 5 rings (SSSR count). The first kappa shape index (κ1) is 20.2. The maximum Gasteiger partial charge on any atom is 0.261 e. The summed E-state index contributed by atoms with van der Waals surface area (Å²) in [5.41, 5.74) is 2.72. The van der Waals surface area contributed by atoms with Gasteiger partial charge >= 0.3 is 0 Å². The van der Waals surface area contributed by atoms with Gasteiger partial charge in [0.15, 0.2) is 0 Å². The summed E-state index contributed by atoms with van der Waals surface area (Å²) in [6.45, 7) is 0.600. The van der Waals surface area contributed by atoms with Crippen LogP contribution in [-0.4, -0.2) is 38.4 Å². The molecule has 7 heteroatoms. The largest absolute Gasteiger partial charge is 0.322 e. The summed E-state index contributed by atoms with van der Waals surface area (Å²) < 4.78 is 1.81. The van der Waals surface area contributed by atoms with Gasteiger partial charge in [-0.15, -0.1) is 0 Å². The standard InChI is InChI=1S/C25H24N4O3/c30-23(27-19-7-4-6-17(14-19)16-28-13-5-12-26-28)18-10-11-21-22(15-18)25(32)29(24(21)31)20-8-2-1-3-9-20/h4-7,10-15,20H,1-3,8-9,16H2,(H,27,30). The molecule has 1 N–H and O–H groups in total. The minimum atomic E-state index is -0.319. The zero-order valence-electron chi connectivity index (χ0n) is 17.7. The quantitative estimate of drug-likeness (QED) is 0.620. The Labute approximate surface area is 186 Å². The van der Waals surface area contributed by atoms with E-state index in [1.165, 1.54) is 4.90 Å². The van der Waals surface area contributed by atoms with Crippen molar-refractivity contribution in [3.05, 3.63) is 83.2 Å². The van der Waals surface area contributed by atoms with E-state index in [1.54, 1.807) is 24.4 Å². The molecule has 1 aromatic heterocycles. The second-order valence-electron chi connectivity index (χ2n) is 8.39. The van der Waals surface area contributed by atoms with E-state index in [9.17, 15) is 14.4 Å². The van der Waals surface area contributed by atoms with E-state index in [1.807, 2.05) is 41.2 Å². The molecule has 1 fully saturated rings. The number of rotatable bonds is 5. The zero-order chi connectivity index (χ0) is 22.1. The highest BCUT2D eigenvalue weighted by Gasteiger charge is 2.40. The van der Waals surface area contributed by atoms with Crippen molar-refractivity contribution in [1.82, 2.24) is 14.7 Å². The molecule has 0 spiro atoms. The lowest BCUT2D eigenvalue weighted by atomic mass is 9.94. The van der Waals surface area contributed by atoms with Crippen molar-refractivity contribution in [3.63, 3.8) is 0 Å². The van der Waals surface area contributed by atoms with E-state index in [4.69, 9.17) is 0 Å². The molecule has 0 radical (unpaired) electrons. The second-order valence-corrected chi connectivity index (χ2v) is 8.39. The predicted octanol–water partition coefficient (Wildman–Crippen LogP) is 4.11. The highest BCUT2D eigenvalue weighted by Crippen LogP contribution is 2.31. The Morgan fingerprint density at radius 3 is 2.56 bits per heavy atom. The summed E-state index contributed by atoms with van der Waals surface area (Å²) in [6, 6.07) is 14.1. The van der Waals surface area contributed by atoms with Crippen LogP contribution < -0.4 is 5.32 Å². The fourth-order valence-electron chi connectivity index (χ4n) is 4.60. The highest BCUT2D eigenvalue weighted by atomic mass is 16.2. The third-order valence-corrected chi connectivity index (χ3v) is 6.21. The SMILES string of the molecule is O=C(Nc1cccc(Cn2cccn2)c1)c1ccc2c(c1)C(=O)N(C1CCCCC1)C2=O. The molecular formula is C25H24N4O3. The maximum absolute atomic E-state index is 13.0. The average molecular weight is 428 g/mol. The molecule has 2 aromatic carbocycles. The summed E-state index contributed by atoms with van der Waals surface area (Å²) in [5, 5.41) is 7.09. The molecule has 1 saturated carbocycles. The lowest BCUT2D eigenvalue weighted by Gasteiger charge is -2.29. The number of carbonyl (C=O) groups is 3. The van der Waals surface area contributed by atoms with Gasteiger partial charge in [-0.05, 0) is 54.8 Å². The number of anilines is 1. The van der Waals surface area contributed by atoms with Crippen molar-refractivity contribution < 1.29 is 14.4 Å². The van der Waals surface area contributed by atoms with Gasteiger partial charge < -0.3 is 5.32 Å². The van der Waals surface area contributed by atoms with Crippen LogP contribution in [-0.2, 0) is 6.54 Å². The van der Waals surface area contributed by atoms with E-state index < -0.39 is 0 Å². The number of benzene rings is 2. The van der Waals surface area contributed by atoms with Crippen LogP contribution >= 0.6 is 0 Å². The smallest absolute Gasteiger partial charge is 0.261 e. The molecule has 3 amide bonds. The molecule has 1 aliphatic carbocycles. The Kier molecular flexibility index (Phi) is 5.31. The van der Waals surface area contributed by atoms with Crippen molar-refractivity contribution in [2.45, 2.75) is 44.7 Å². The molecule has 0 bridgehead atoms. The monoisotopic (exact) mass is 428 g/mol. The third-order valence-electron chi connectivity index (χ3n) is 6.21. The summed E-state index contributed by atoms with van der Waals surface area (Å²) >= 11 is 0. The Balaban J connectivity index is 1.33. The number of amides is 3. The number of aromatic nitrogens is 2. The minimum Gasteiger partial charge on any atom is -0.322 e. The van der Waals surface area contributed by atoms with Crippen molar-refractivity contribution in [2.24, 2.45) is 0 Å². The first-order valence-electron chi connectivity index (χ1n) is 11.0. The molecular weight excluding hydrogens is 404 g/mol. The maximum atomic E-state index is 13.0. The Hall–Kier alpha value is -3.74. The zero-order valence-corrected chi connectivity index (χ0v) is 17.7. The number of hydrogen-bond acceptors (Lipinski definition) is 4. The molecule has 162 valence electrons. The van der Waals surface area contributed by atoms with Crippen LogP contribution in [0.2, 0.25) is 0 Å². The normalized spacial score (nSPS) is 16.3. The van der Waals surface area contributed by atoms with Gasteiger partial charge in [0, 0.05) is 29.7 Å². The van der Waals surface area contributed by atoms with Crippen LogP contribution in [0, 0.1) is 0 Å². The topological polar surface area (TPSA) is 84.3 Å². The van der Waals surface area contributed by atoms with Gasteiger partial charge in [0.05, 0.1) is 17.7 Å². The number of hydrogen-bond donors (Lipinski definition) is 1. The van der Waals surface area contributed by atoms with E-state index in [0.29, 0.717) is 28.9 Å². The summed E-state index contributed by atoms with van der Waals surface area (Å²) in [7, 11) is 0. The summed E-state index contributed by atoms with van der Waals surface area (Å²) in [6.07, 6.45) is 8.52. The van der Waals surface area contributed by atoms with Crippen LogP contribution in [0.15, 0.2) is 60.9 Å². The molecule has 1 aliphatic heterocycles. The van der Waals surface area contributed by atoms with Crippen molar-refractivity contribution >= 4 is 23.4 Å². The minimum absolute atomic E-state index is 0.0362.